The maximum atomic E-state index is 11.1. The van der Waals surface area contributed by atoms with Crippen molar-refractivity contribution in [1.82, 2.24) is 5.32 Å². The molecule has 0 aromatic heterocycles. The molecule has 1 amide bonds. The normalized spacial score (nSPS) is 11.7. The van der Waals surface area contributed by atoms with E-state index in [-0.39, 0.29) is 12.3 Å². The molecule has 2 N–H and O–H groups in total. The number of methoxy groups -OCH3 is 1. The van der Waals surface area contributed by atoms with E-state index in [4.69, 9.17) is 9.84 Å². The quantitative estimate of drug-likeness (QED) is 0.834. The number of nitrogens with one attached hydrogen (secondary N) is 1. The van der Waals surface area contributed by atoms with Crippen LogP contribution in [0.5, 0.6) is 5.75 Å². The number of aliphatic carboxylic acids is 1. The van der Waals surface area contributed by atoms with Gasteiger partial charge in [0.2, 0.25) is 5.91 Å². The third kappa shape index (κ3) is 3.76. The van der Waals surface area contributed by atoms with Gasteiger partial charge in [0.05, 0.1) is 19.6 Å². The van der Waals surface area contributed by atoms with Gasteiger partial charge in [-0.15, -0.1) is 0 Å². The van der Waals surface area contributed by atoms with E-state index in [0.29, 0.717) is 0 Å². The standard InChI is InChI=1S/C13H17NO4/c1-8-6-10(4-5-12(8)18-3)11(7-13(16)17)14-9(2)15/h4-6,11H,7H2,1-3H3,(H,14,15)(H,16,17)/t11-/m0/s1. The SMILES string of the molecule is COc1ccc([C@H](CC(=O)O)NC(C)=O)cc1C. The Balaban J connectivity index is 3.00. The molecular weight excluding hydrogens is 234 g/mol. The lowest BCUT2D eigenvalue weighted by molar-refractivity contribution is -0.137. The monoisotopic (exact) mass is 251 g/mol. The number of aryl methyl sites for hydroxylation is 1. The van der Waals surface area contributed by atoms with Crippen molar-refractivity contribution in [1.29, 1.82) is 0 Å². The third-order valence-corrected chi connectivity index (χ3v) is 2.58. The topological polar surface area (TPSA) is 75.6 Å². The van der Waals surface area contributed by atoms with Crippen molar-refractivity contribution in [3.63, 3.8) is 0 Å². The number of ether oxygens (including phenoxy) is 1. The third-order valence-electron chi connectivity index (χ3n) is 2.58. The van der Waals surface area contributed by atoms with Gasteiger partial charge in [-0.3, -0.25) is 9.59 Å². The molecule has 0 heterocycles. The molecule has 0 fully saturated rings. The van der Waals surface area contributed by atoms with Gasteiger partial charge in [0, 0.05) is 6.92 Å². The minimum atomic E-state index is -0.956. The Morgan fingerprint density at radius 3 is 2.56 bits per heavy atom. The summed E-state index contributed by atoms with van der Waals surface area (Å²) in [4.78, 5) is 21.9. The van der Waals surface area contributed by atoms with Crippen molar-refractivity contribution >= 4 is 11.9 Å². The van der Waals surface area contributed by atoms with Gasteiger partial charge < -0.3 is 15.2 Å². The van der Waals surface area contributed by atoms with Crippen molar-refractivity contribution in [3.8, 4) is 5.75 Å². The first kappa shape index (κ1) is 14.0. The first-order valence-electron chi connectivity index (χ1n) is 5.57. The maximum absolute atomic E-state index is 11.1. The molecule has 18 heavy (non-hydrogen) atoms. The Hall–Kier alpha value is -2.04. The lowest BCUT2D eigenvalue weighted by Gasteiger charge is -2.17. The van der Waals surface area contributed by atoms with Gasteiger partial charge in [-0.2, -0.15) is 0 Å². The average Bonchev–Trinajstić information content (AvgIpc) is 2.26. The van der Waals surface area contributed by atoms with E-state index in [1.54, 1.807) is 19.2 Å². The highest BCUT2D eigenvalue weighted by molar-refractivity contribution is 5.75. The van der Waals surface area contributed by atoms with E-state index in [0.717, 1.165) is 16.9 Å². The number of carboxylic acid groups (broad SMARTS) is 1. The van der Waals surface area contributed by atoms with E-state index in [1.165, 1.54) is 6.92 Å². The molecule has 1 rings (SSSR count). The Morgan fingerprint density at radius 2 is 2.11 bits per heavy atom. The van der Waals surface area contributed by atoms with Crippen LogP contribution in [-0.4, -0.2) is 24.1 Å². The lowest BCUT2D eigenvalue weighted by Crippen LogP contribution is -2.28. The molecule has 1 aromatic carbocycles. The molecule has 0 spiro atoms. The van der Waals surface area contributed by atoms with E-state index >= 15 is 0 Å². The second-order valence-corrected chi connectivity index (χ2v) is 4.08. The van der Waals surface area contributed by atoms with Crippen molar-refractivity contribution in [2.24, 2.45) is 0 Å². The van der Waals surface area contributed by atoms with E-state index in [2.05, 4.69) is 5.32 Å². The van der Waals surface area contributed by atoms with Gasteiger partial charge >= 0.3 is 5.97 Å². The zero-order chi connectivity index (χ0) is 13.7. The number of carboxylic acids is 1. The Kier molecular flexibility index (Phi) is 4.71. The zero-order valence-corrected chi connectivity index (χ0v) is 10.7. The summed E-state index contributed by atoms with van der Waals surface area (Å²) >= 11 is 0. The number of rotatable bonds is 5. The van der Waals surface area contributed by atoms with Crippen LogP contribution in [0.25, 0.3) is 0 Å². The van der Waals surface area contributed by atoms with Gasteiger partial charge in [0.25, 0.3) is 0 Å². The second-order valence-electron chi connectivity index (χ2n) is 4.08. The largest absolute Gasteiger partial charge is 0.496 e. The van der Waals surface area contributed by atoms with Crippen LogP contribution in [0.15, 0.2) is 18.2 Å². The van der Waals surface area contributed by atoms with Crippen LogP contribution < -0.4 is 10.1 Å². The Labute approximate surface area is 106 Å². The number of hydrogen-bond acceptors (Lipinski definition) is 3. The van der Waals surface area contributed by atoms with Crippen molar-refractivity contribution in [2.45, 2.75) is 26.3 Å². The molecule has 98 valence electrons. The number of carbonyl (C=O) groups excluding carboxylic acids is 1. The molecule has 0 aliphatic heterocycles. The molecule has 0 saturated heterocycles. The van der Waals surface area contributed by atoms with Crippen LogP contribution in [0.3, 0.4) is 0 Å². The number of amides is 1. The van der Waals surface area contributed by atoms with Crippen LogP contribution in [0, 0.1) is 6.92 Å². The molecule has 0 bridgehead atoms. The summed E-state index contributed by atoms with van der Waals surface area (Å²) in [6.45, 7) is 3.24. The molecule has 0 unspecified atom stereocenters. The summed E-state index contributed by atoms with van der Waals surface area (Å²) < 4.78 is 5.14. The molecule has 0 saturated carbocycles. The molecular formula is C13H17NO4. The van der Waals surface area contributed by atoms with Gasteiger partial charge in [0.15, 0.2) is 0 Å². The summed E-state index contributed by atoms with van der Waals surface area (Å²) in [5, 5.41) is 11.5. The van der Waals surface area contributed by atoms with Gasteiger partial charge in [-0.1, -0.05) is 12.1 Å². The van der Waals surface area contributed by atoms with E-state index in [1.807, 2.05) is 13.0 Å². The number of carbonyl (C=O) groups is 2. The first-order valence-corrected chi connectivity index (χ1v) is 5.57. The fourth-order valence-corrected chi connectivity index (χ4v) is 1.79. The first-order chi connectivity index (χ1) is 8.43. The van der Waals surface area contributed by atoms with Crippen molar-refractivity contribution < 1.29 is 19.4 Å². The zero-order valence-electron chi connectivity index (χ0n) is 10.7. The van der Waals surface area contributed by atoms with Crippen LogP contribution >= 0.6 is 0 Å². The van der Waals surface area contributed by atoms with E-state index < -0.39 is 12.0 Å². The molecule has 0 aliphatic rings. The highest BCUT2D eigenvalue weighted by atomic mass is 16.5. The van der Waals surface area contributed by atoms with Crippen molar-refractivity contribution in [2.75, 3.05) is 7.11 Å². The fourth-order valence-electron chi connectivity index (χ4n) is 1.79. The highest BCUT2D eigenvalue weighted by Gasteiger charge is 2.17. The number of benzene rings is 1. The summed E-state index contributed by atoms with van der Waals surface area (Å²) in [7, 11) is 1.57. The minimum absolute atomic E-state index is 0.147. The molecule has 5 heteroatoms. The van der Waals surface area contributed by atoms with Gasteiger partial charge in [0.1, 0.15) is 5.75 Å². The predicted molar refractivity (Wildman–Crippen MR) is 66.5 cm³/mol. The van der Waals surface area contributed by atoms with Gasteiger partial charge in [-0.25, -0.2) is 0 Å². The molecule has 0 radical (unpaired) electrons. The van der Waals surface area contributed by atoms with Crippen LogP contribution in [-0.2, 0) is 9.59 Å². The van der Waals surface area contributed by atoms with Crippen LogP contribution in [0.1, 0.15) is 30.5 Å². The number of hydrogen-bond donors (Lipinski definition) is 2. The second kappa shape index (κ2) is 6.05. The molecule has 1 aromatic rings. The van der Waals surface area contributed by atoms with E-state index in [9.17, 15) is 9.59 Å². The smallest absolute Gasteiger partial charge is 0.305 e. The molecule has 0 aliphatic carbocycles. The Morgan fingerprint density at radius 1 is 1.44 bits per heavy atom. The Bertz CT molecular complexity index is 440. The minimum Gasteiger partial charge on any atom is -0.496 e. The van der Waals surface area contributed by atoms with Crippen molar-refractivity contribution in [3.05, 3.63) is 29.3 Å². The predicted octanol–water partition coefficient (Wildman–Crippen LogP) is 1.66. The lowest BCUT2D eigenvalue weighted by atomic mass is 10.0. The fraction of sp³-hybridized carbons (Fsp3) is 0.385. The van der Waals surface area contributed by atoms with Gasteiger partial charge in [-0.05, 0) is 24.1 Å². The molecule has 1 atom stereocenters. The summed E-state index contributed by atoms with van der Waals surface area (Å²) in [6.07, 6.45) is -0.147. The summed E-state index contributed by atoms with van der Waals surface area (Å²) in [5.74, 6) is -0.479. The summed E-state index contributed by atoms with van der Waals surface area (Å²) in [5.41, 5.74) is 1.65. The van der Waals surface area contributed by atoms with Crippen LogP contribution in [0.2, 0.25) is 0 Å². The maximum Gasteiger partial charge on any atom is 0.305 e. The average molecular weight is 251 g/mol. The van der Waals surface area contributed by atoms with Crippen LogP contribution in [0.4, 0.5) is 0 Å². The highest BCUT2D eigenvalue weighted by Crippen LogP contribution is 2.24. The summed E-state index contributed by atoms with van der Waals surface area (Å²) in [6, 6.07) is 4.82. The molecule has 5 nitrogen and oxygen atoms in total.